The highest BCUT2D eigenvalue weighted by Crippen LogP contribution is 2.35. The molecule has 0 aliphatic heterocycles. The summed E-state index contributed by atoms with van der Waals surface area (Å²) in [6.45, 7) is 0. The lowest BCUT2D eigenvalue weighted by molar-refractivity contribution is 0.102. The average Bonchev–Trinajstić information content (AvgIpc) is 2.70. The van der Waals surface area contributed by atoms with E-state index >= 15 is 0 Å². The van der Waals surface area contributed by atoms with Gasteiger partial charge in [0.05, 0.1) is 5.69 Å². The molecule has 0 spiro atoms. The van der Waals surface area contributed by atoms with Crippen LogP contribution in [0.15, 0.2) is 91.1 Å². The van der Waals surface area contributed by atoms with Gasteiger partial charge in [-0.25, -0.2) is 0 Å². The van der Waals surface area contributed by atoms with Crippen molar-refractivity contribution in [2.75, 3.05) is 5.32 Å². The largest absolute Gasteiger partial charge is 0.457 e. The Bertz CT molecular complexity index is 1040. The maximum absolute atomic E-state index is 12.5. The maximum atomic E-state index is 12.5. The molecule has 0 aliphatic rings. The first kappa shape index (κ1) is 15.8. The number of pyridine rings is 1. The van der Waals surface area contributed by atoms with E-state index in [1.165, 1.54) is 0 Å². The molecule has 0 radical (unpaired) electrons. The molecule has 0 atom stereocenters. The first-order chi connectivity index (χ1) is 12.8. The molecule has 1 amide bonds. The molecule has 4 rings (SSSR count). The standard InChI is InChI=1S/C22H16N2O2/c25-22(19-12-4-5-15-23-19)24-18-13-6-8-16-9-7-14-20(21(16)18)26-17-10-2-1-3-11-17/h1-15H,(H,24,25). The number of nitrogens with zero attached hydrogens (tertiary/aromatic N) is 1. The molecule has 0 saturated carbocycles. The lowest BCUT2D eigenvalue weighted by Crippen LogP contribution is -2.13. The highest BCUT2D eigenvalue weighted by molar-refractivity contribution is 6.09. The first-order valence-electron chi connectivity index (χ1n) is 8.28. The zero-order valence-electron chi connectivity index (χ0n) is 13.9. The number of fused-ring (bicyclic) bond motifs is 1. The summed E-state index contributed by atoms with van der Waals surface area (Å²) >= 11 is 0. The summed E-state index contributed by atoms with van der Waals surface area (Å²) in [4.78, 5) is 16.6. The number of carbonyl (C=O) groups is 1. The van der Waals surface area contributed by atoms with Gasteiger partial charge in [0.2, 0.25) is 0 Å². The predicted molar refractivity (Wildman–Crippen MR) is 103 cm³/mol. The van der Waals surface area contributed by atoms with Gasteiger partial charge in [0, 0.05) is 11.6 Å². The SMILES string of the molecule is O=C(Nc1cccc2cccc(Oc3ccccc3)c12)c1ccccn1. The summed E-state index contributed by atoms with van der Waals surface area (Å²) in [6, 6.07) is 26.4. The molecule has 1 aromatic heterocycles. The molecule has 0 unspecified atom stereocenters. The monoisotopic (exact) mass is 340 g/mol. The van der Waals surface area contributed by atoms with E-state index in [2.05, 4.69) is 10.3 Å². The molecular formula is C22H16N2O2. The molecule has 0 fully saturated rings. The number of hydrogen-bond donors (Lipinski definition) is 1. The van der Waals surface area contributed by atoms with Crippen LogP contribution in [0.5, 0.6) is 11.5 Å². The van der Waals surface area contributed by atoms with E-state index < -0.39 is 0 Å². The number of hydrogen-bond acceptors (Lipinski definition) is 3. The van der Waals surface area contributed by atoms with E-state index in [0.717, 1.165) is 16.5 Å². The smallest absolute Gasteiger partial charge is 0.274 e. The lowest BCUT2D eigenvalue weighted by atomic mass is 10.1. The number of ether oxygens (including phenoxy) is 1. The van der Waals surface area contributed by atoms with Gasteiger partial charge in [0.25, 0.3) is 5.91 Å². The van der Waals surface area contributed by atoms with Crippen LogP contribution in [0.25, 0.3) is 10.8 Å². The second kappa shape index (κ2) is 7.07. The van der Waals surface area contributed by atoms with E-state index in [0.29, 0.717) is 17.1 Å². The van der Waals surface area contributed by atoms with Gasteiger partial charge < -0.3 is 10.1 Å². The van der Waals surface area contributed by atoms with Gasteiger partial charge in [-0.05, 0) is 41.8 Å². The Morgan fingerprint density at radius 2 is 1.58 bits per heavy atom. The fraction of sp³-hybridized carbons (Fsp3) is 0. The van der Waals surface area contributed by atoms with Gasteiger partial charge in [-0.15, -0.1) is 0 Å². The molecule has 26 heavy (non-hydrogen) atoms. The first-order valence-corrected chi connectivity index (χ1v) is 8.28. The van der Waals surface area contributed by atoms with Gasteiger partial charge in [-0.1, -0.05) is 48.5 Å². The fourth-order valence-electron chi connectivity index (χ4n) is 2.79. The summed E-state index contributed by atoms with van der Waals surface area (Å²) in [5, 5.41) is 4.78. The third-order valence-electron chi connectivity index (χ3n) is 3.98. The van der Waals surface area contributed by atoms with E-state index in [-0.39, 0.29) is 5.91 Å². The van der Waals surface area contributed by atoms with Crippen molar-refractivity contribution >= 4 is 22.4 Å². The number of rotatable bonds is 4. The van der Waals surface area contributed by atoms with Gasteiger partial charge in [-0.3, -0.25) is 9.78 Å². The summed E-state index contributed by atoms with van der Waals surface area (Å²) in [5.41, 5.74) is 1.05. The van der Waals surface area contributed by atoms with Crippen molar-refractivity contribution in [2.45, 2.75) is 0 Å². The van der Waals surface area contributed by atoms with Crippen LogP contribution in [-0.4, -0.2) is 10.9 Å². The van der Waals surface area contributed by atoms with Crippen LogP contribution < -0.4 is 10.1 Å². The Morgan fingerprint density at radius 3 is 2.35 bits per heavy atom. The van der Waals surface area contributed by atoms with E-state index in [4.69, 9.17) is 4.74 Å². The molecule has 4 aromatic rings. The normalized spacial score (nSPS) is 10.5. The second-order valence-electron chi connectivity index (χ2n) is 5.74. The van der Waals surface area contributed by atoms with E-state index in [1.54, 1.807) is 24.4 Å². The quantitative estimate of drug-likeness (QED) is 0.550. The van der Waals surface area contributed by atoms with Crippen LogP contribution in [0.4, 0.5) is 5.69 Å². The van der Waals surface area contributed by atoms with Crippen LogP contribution in [0.2, 0.25) is 0 Å². The molecular weight excluding hydrogens is 324 g/mol. The van der Waals surface area contributed by atoms with Gasteiger partial charge in [-0.2, -0.15) is 0 Å². The van der Waals surface area contributed by atoms with Crippen molar-refractivity contribution in [2.24, 2.45) is 0 Å². The highest BCUT2D eigenvalue weighted by atomic mass is 16.5. The Morgan fingerprint density at radius 1 is 0.808 bits per heavy atom. The van der Waals surface area contributed by atoms with Gasteiger partial charge >= 0.3 is 0 Å². The average molecular weight is 340 g/mol. The summed E-state index contributed by atoms with van der Waals surface area (Å²) in [6.07, 6.45) is 1.60. The number of anilines is 1. The van der Waals surface area contributed by atoms with Crippen LogP contribution >= 0.6 is 0 Å². The van der Waals surface area contributed by atoms with Crippen molar-refractivity contribution in [3.8, 4) is 11.5 Å². The molecule has 4 heteroatoms. The second-order valence-corrected chi connectivity index (χ2v) is 5.74. The lowest BCUT2D eigenvalue weighted by Gasteiger charge is -2.13. The Kier molecular flexibility index (Phi) is 4.31. The summed E-state index contributed by atoms with van der Waals surface area (Å²) in [5.74, 6) is 1.17. The number of aromatic nitrogens is 1. The van der Waals surface area contributed by atoms with E-state index in [1.807, 2.05) is 66.7 Å². The zero-order valence-corrected chi connectivity index (χ0v) is 13.9. The van der Waals surface area contributed by atoms with Crippen molar-refractivity contribution in [1.29, 1.82) is 0 Å². The van der Waals surface area contributed by atoms with Crippen molar-refractivity contribution in [3.63, 3.8) is 0 Å². The molecule has 0 saturated heterocycles. The van der Waals surface area contributed by atoms with E-state index in [9.17, 15) is 4.79 Å². The molecule has 126 valence electrons. The molecule has 1 N–H and O–H groups in total. The van der Waals surface area contributed by atoms with Gasteiger partial charge in [0.1, 0.15) is 17.2 Å². The van der Waals surface area contributed by atoms with Crippen molar-refractivity contribution in [1.82, 2.24) is 4.98 Å². The zero-order chi connectivity index (χ0) is 17.8. The molecule has 0 aliphatic carbocycles. The molecule has 3 aromatic carbocycles. The van der Waals surface area contributed by atoms with Crippen LogP contribution in [0.1, 0.15) is 10.5 Å². The number of carbonyl (C=O) groups excluding carboxylic acids is 1. The minimum Gasteiger partial charge on any atom is -0.457 e. The van der Waals surface area contributed by atoms with Crippen LogP contribution in [0, 0.1) is 0 Å². The minimum absolute atomic E-state index is 0.257. The topological polar surface area (TPSA) is 51.2 Å². The molecule has 4 nitrogen and oxygen atoms in total. The number of amides is 1. The molecule has 1 heterocycles. The summed E-state index contributed by atoms with van der Waals surface area (Å²) < 4.78 is 6.05. The summed E-state index contributed by atoms with van der Waals surface area (Å²) in [7, 11) is 0. The predicted octanol–water partition coefficient (Wildman–Crippen LogP) is 5.28. The number of benzene rings is 3. The fourth-order valence-corrected chi connectivity index (χ4v) is 2.79. The highest BCUT2D eigenvalue weighted by Gasteiger charge is 2.12. The Balaban J connectivity index is 1.74. The van der Waals surface area contributed by atoms with Crippen molar-refractivity contribution < 1.29 is 9.53 Å². The van der Waals surface area contributed by atoms with Crippen LogP contribution in [0.3, 0.4) is 0 Å². The Labute approximate surface area is 151 Å². The maximum Gasteiger partial charge on any atom is 0.274 e. The van der Waals surface area contributed by atoms with Crippen molar-refractivity contribution in [3.05, 3.63) is 96.8 Å². The number of nitrogens with one attached hydrogen (secondary N) is 1. The van der Waals surface area contributed by atoms with Crippen LogP contribution in [-0.2, 0) is 0 Å². The number of para-hydroxylation sites is 1. The third kappa shape index (κ3) is 3.26. The third-order valence-corrected chi connectivity index (χ3v) is 3.98. The van der Waals surface area contributed by atoms with Gasteiger partial charge in [0.15, 0.2) is 0 Å². The molecule has 0 bridgehead atoms. The minimum atomic E-state index is -0.257. The Hall–Kier alpha value is -3.66.